The number of hydrogen-bond donors (Lipinski definition) is 2. The Balaban J connectivity index is 0.991. The van der Waals surface area contributed by atoms with Gasteiger partial charge in [0.1, 0.15) is 11.5 Å². The molecule has 0 radical (unpaired) electrons. The Kier molecular flexibility index (Phi) is 12.1. The van der Waals surface area contributed by atoms with E-state index in [0.29, 0.717) is 83.6 Å². The van der Waals surface area contributed by atoms with Crippen molar-refractivity contribution in [1.82, 2.24) is 24.9 Å². The van der Waals surface area contributed by atoms with E-state index in [1.54, 1.807) is 61.0 Å². The highest BCUT2D eigenvalue weighted by Gasteiger charge is 2.52. The first kappa shape index (κ1) is 42.7. The van der Waals surface area contributed by atoms with Gasteiger partial charge in [0.15, 0.2) is 17.2 Å². The number of unbranched alkanes of at least 4 members (excludes halogenated alkanes) is 2. The van der Waals surface area contributed by atoms with Crippen LogP contribution in [0.25, 0.3) is 6.08 Å². The highest BCUT2D eigenvalue weighted by molar-refractivity contribution is 6.58. The summed E-state index contributed by atoms with van der Waals surface area (Å²) in [5, 5.41) is 10.3. The van der Waals surface area contributed by atoms with Gasteiger partial charge in [0.2, 0.25) is 5.91 Å². The molecule has 61 heavy (non-hydrogen) atoms. The molecule has 1 atom stereocenters. The fraction of sp³-hybridized carbons (Fsp3) is 0.357. The quantitative estimate of drug-likeness (QED) is 0.0741. The first-order chi connectivity index (χ1) is 29.1. The Hall–Kier alpha value is -6.40. The molecule has 19 heteroatoms. The van der Waals surface area contributed by atoms with E-state index in [1.807, 2.05) is 0 Å². The van der Waals surface area contributed by atoms with Crippen LogP contribution in [0.3, 0.4) is 0 Å². The minimum absolute atomic E-state index is 0.0318. The highest BCUT2D eigenvalue weighted by Crippen LogP contribution is 2.38. The van der Waals surface area contributed by atoms with Crippen molar-refractivity contribution < 1.29 is 54.9 Å². The van der Waals surface area contributed by atoms with E-state index in [2.05, 4.69) is 20.5 Å². The third-order valence-corrected chi connectivity index (χ3v) is 11.0. The second-order valence-electron chi connectivity index (χ2n) is 15.0. The van der Waals surface area contributed by atoms with Crippen LogP contribution in [0.5, 0.6) is 17.2 Å². The van der Waals surface area contributed by atoms with Crippen LogP contribution in [-0.4, -0.2) is 82.8 Å². The number of carbonyl (C=O) groups excluding carboxylic acids is 3. The Morgan fingerprint density at radius 2 is 1.74 bits per heavy atom. The zero-order valence-electron chi connectivity index (χ0n) is 34.0. The fourth-order valence-corrected chi connectivity index (χ4v) is 8.24. The summed E-state index contributed by atoms with van der Waals surface area (Å²) in [7, 11) is 2.93. The van der Waals surface area contributed by atoms with Crippen molar-refractivity contribution in [2.45, 2.75) is 71.3 Å². The number of aryl methyl sites for hydroxylation is 3. The molecule has 2 aromatic heterocycles. The van der Waals surface area contributed by atoms with Crippen LogP contribution in [0.15, 0.2) is 72.6 Å². The van der Waals surface area contributed by atoms with E-state index in [0.717, 1.165) is 20.6 Å². The van der Waals surface area contributed by atoms with E-state index in [4.69, 9.17) is 9.47 Å². The molecule has 0 saturated carbocycles. The number of aromatic nitrogens is 3. The van der Waals surface area contributed by atoms with Gasteiger partial charge in [-0.1, -0.05) is 12.1 Å². The monoisotopic (exact) mass is 849 g/mol. The van der Waals surface area contributed by atoms with Gasteiger partial charge in [-0.15, -0.1) is 13.2 Å². The van der Waals surface area contributed by atoms with Gasteiger partial charge in [-0.25, -0.2) is 0 Å². The Morgan fingerprint density at radius 3 is 2.49 bits per heavy atom. The molecule has 322 valence electrons. The number of methoxy groups -OCH3 is 2. The zero-order chi connectivity index (χ0) is 43.6. The second kappa shape index (κ2) is 17.3. The number of hydrogen-bond acceptors (Lipinski definition) is 7. The first-order valence-electron chi connectivity index (χ1n) is 19.9. The zero-order valence-corrected chi connectivity index (χ0v) is 34.0. The third-order valence-electron chi connectivity index (χ3n) is 11.0. The molecule has 0 unspecified atom stereocenters. The number of para-hydroxylation sites is 1. The van der Waals surface area contributed by atoms with Crippen LogP contribution in [0, 0.1) is 13.8 Å². The molecule has 0 saturated heterocycles. The summed E-state index contributed by atoms with van der Waals surface area (Å²) in [6, 6.07) is 10.8. The molecule has 0 bridgehead atoms. The van der Waals surface area contributed by atoms with Crippen molar-refractivity contribution in [2.75, 3.05) is 32.2 Å². The number of allylic oxidation sites excluding steroid dienone is 2. The van der Waals surface area contributed by atoms with Gasteiger partial charge < -0.3 is 47.3 Å². The molecular formula is C42H45BF5N7O6. The number of amides is 3. The number of anilines is 1. The maximum Gasteiger partial charge on any atom is 0.737 e. The molecule has 3 amide bonds. The van der Waals surface area contributed by atoms with Crippen molar-refractivity contribution in [1.29, 1.82) is 0 Å². The van der Waals surface area contributed by atoms with Crippen LogP contribution in [-0.2, 0) is 11.3 Å². The van der Waals surface area contributed by atoms with Crippen LogP contribution >= 0.6 is 0 Å². The SMILES string of the molecule is COc1ccc(C(=O)N2CC[C@@H](NC(=O)c3ccccc3OC(F)(F)F)c3c2cnn3CCCCCNC(=O)CCC2=[N+]3C(=Cc4c(C)cc(C)n4[B-]3(F)F)C=C2)cc1OC. The summed E-state index contributed by atoms with van der Waals surface area (Å²) < 4.78 is 89.7. The van der Waals surface area contributed by atoms with Crippen LogP contribution < -0.4 is 29.7 Å². The first-order valence-corrected chi connectivity index (χ1v) is 19.9. The summed E-state index contributed by atoms with van der Waals surface area (Å²) in [5.41, 5.74) is 3.42. The van der Waals surface area contributed by atoms with Crippen LogP contribution in [0.1, 0.15) is 87.9 Å². The fourth-order valence-electron chi connectivity index (χ4n) is 8.24. The lowest BCUT2D eigenvalue weighted by atomic mass is 9.90. The summed E-state index contributed by atoms with van der Waals surface area (Å²) in [5.74, 6) is -1.29. The van der Waals surface area contributed by atoms with E-state index in [-0.39, 0.29) is 43.2 Å². The molecule has 3 aliphatic heterocycles. The number of rotatable bonds is 15. The number of nitrogens with one attached hydrogen (secondary N) is 2. The number of benzene rings is 2. The van der Waals surface area contributed by atoms with E-state index >= 15 is 8.63 Å². The van der Waals surface area contributed by atoms with E-state index < -0.39 is 31.0 Å². The normalized spacial score (nSPS) is 16.4. The standard InChI is InChI=1S/C42H45BF5N7O6/c1-26-22-27(2)54-33(26)24-30-14-13-29(55(30)43(54,47)48)15-17-38(56)49-19-8-5-9-20-53-39-32(51-40(57)31-10-6-7-11-35(31)61-42(44,45)46)18-21-52(34(39)25-50-53)41(58)28-12-16-36(59-3)37(23-28)60-4/h6-7,10-14,16,22-25,32H,5,8-9,15,17-21H2,1-4H3,(H,49,56)(H,51,57)/t32-/m1/s1. The summed E-state index contributed by atoms with van der Waals surface area (Å²) in [6.07, 6.45) is 3.76. The average Bonchev–Trinajstić information content (AvgIpc) is 3.93. The molecule has 0 fully saturated rings. The summed E-state index contributed by atoms with van der Waals surface area (Å²) >= 11 is 0. The highest BCUT2D eigenvalue weighted by atomic mass is 19.4. The maximum atomic E-state index is 15.8. The Labute approximate surface area is 348 Å². The lowest BCUT2D eigenvalue weighted by Gasteiger charge is -2.33. The molecule has 2 aromatic carbocycles. The van der Waals surface area contributed by atoms with Gasteiger partial charge in [-0.3, -0.25) is 19.1 Å². The van der Waals surface area contributed by atoms with Gasteiger partial charge in [0.25, 0.3) is 11.8 Å². The smallest absolute Gasteiger partial charge is 0.493 e. The average molecular weight is 850 g/mol. The molecular weight excluding hydrogens is 804 g/mol. The van der Waals surface area contributed by atoms with Gasteiger partial charge >= 0.3 is 13.3 Å². The molecule has 3 aliphatic rings. The van der Waals surface area contributed by atoms with Gasteiger partial charge in [-0.05, 0) is 87.2 Å². The van der Waals surface area contributed by atoms with E-state index in [9.17, 15) is 27.6 Å². The van der Waals surface area contributed by atoms with Gasteiger partial charge in [-0.2, -0.15) is 5.10 Å². The number of halogens is 5. The largest absolute Gasteiger partial charge is 0.737 e. The van der Waals surface area contributed by atoms with Crippen molar-refractivity contribution >= 4 is 42.2 Å². The van der Waals surface area contributed by atoms with Gasteiger partial charge in [0.05, 0.1) is 43.4 Å². The third kappa shape index (κ3) is 8.77. The van der Waals surface area contributed by atoms with Crippen molar-refractivity contribution in [2.24, 2.45) is 0 Å². The van der Waals surface area contributed by atoms with Gasteiger partial charge in [0, 0.05) is 62.0 Å². The maximum absolute atomic E-state index is 15.8. The molecule has 0 spiro atoms. The topological polar surface area (TPSA) is 132 Å². The number of carbonyl (C=O) groups is 3. The minimum atomic E-state index is -5.02. The lowest BCUT2D eigenvalue weighted by Crippen LogP contribution is -2.50. The van der Waals surface area contributed by atoms with E-state index in [1.165, 1.54) is 43.5 Å². The van der Waals surface area contributed by atoms with Crippen LogP contribution in [0.4, 0.5) is 27.5 Å². The molecule has 0 aliphatic carbocycles. The number of ether oxygens (including phenoxy) is 3. The molecule has 13 nitrogen and oxygen atoms in total. The lowest BCUT2D eigenvalue weighted by molar-refractivity contribution is -0.362. The molecule has 5 heterocycles. The summed E-state index contributed by atoms with van der Waals surface area (Å²) in [4.78, 5) is 41.8. The van der Waals surface area contributed by atoms with Crippen molar-refractivity contribution in [3.05, 3.63) is 106 Å². The summed E-state index contributed by atoms with van der Waals surface area (Å²) in [6.45, 7) is 0.212. The molecule has 2 N–H and O–H groups in total. The Bertz CT molecular complexity index is 2460. The minimum Gasteiger partial charge on any atom is -0.493 e. The predicted octanol–water partition coefficient (Wildman–Crippen LogP) is 7.11. The van der Waals surface area contributed by atoms with Crippen molar-refractivity contribution in [3.8, 4) is 17.2 Å². The number of nitrogens with zero attached hydrogens (tertiary/aromatic N) is 5. The van der Waals surface area contributed by atoms with Crippen LogP contribution in [0.2, 0.25) is 0 Å². The number of alkyl halides is 3. The predicted molar refractivity (Wildman–Crippen MR) is 217 cm³/mol. The Morgan fingerprint density at radius 1 is 0.967 bits per heavy atom. The second-order valence-corrected chi connectivity index (χ2v) is 15.0. The molecule has 7 rings (SSSR count). The number of fused-ring (bicyclic) bond motifs is 3. The van der Waals surface area contributed by atoms with Crippen molar-refractivity contribution in [3.63, 3.8) is 0 Å². The molecule has 4 aromatic rings.